The molecule has 18 heavy (non-hydrogen) atoms. The van der Waals surface area contributed by atoms with Crippen molar-refractivity contribution in [3.63, 3.8) is 0 Å². The van der Waals surface area contributed by atoms with E-state index in [-0.39, 0.29) is 11.1 Å². The number of benzene rings is 1. The fourth-order valence-electron chi connectivity index (χ4n) is 1.46. The lowest BCUT2D eigenvalue weighted by atomic mass is 9.95. The molecule has 0 aliphatic carbocycles. The van der Waals surface area contributed by atoms with E-state index >= 15 is 0 Å². The van der Waals surface area contributed by atoms with Crippen molar-refractivity contribution in [2.24, 2.45) is 0 Å². The van der Waals surface area contributed by atoms with Gasteiger partial charge >= 0.3 is 11.9 Å². The van der Waals surface area contributed by atoms with Crippen molar-refractivity contribution in [3.8, 4) is 6.07 Å². The molecule has 0 radical (unpaired) electrons. The quantitative estimate of drug-likeness (QED) is 0.628. The van der Waals surface area contributed by atoms with Crippen molar-refractivity contribution >= 4 is 27.9 Å². The first-order valence-electron chi connectivity index (χ1n) is 4.90. The highest BCUT2D eigenvalue weighted by atomic mass is 79.9. The van der Waals surface area contributed by atoms with Gasteiger partial charge < -0.3 is 9.47 Å². The second-order valence-corrected chi connectivity index (χ2v) is 4.24. The van der Waals surface area contributed by atoms with Crippen molar-refractivity contribution in [2.75, 3.05) is 14.2 Å². The van der Waals surface area contributed by atoms with E-state index in [2.05, 4.69) is 25.4 Å². The molecule has 1 aromatic rings. The van der Waals surface area contributed by atoms with Crippen molar-refractivity contribution in [1.29, 1.82) is 5.26 Å². The lowest BCUT2D eigenvalue weighted by Crippen LogP contribution is -2.25. The predicted molar refractivity (Wildman–Crippen MR) is 65.6 cm³/mol. The molecule has 1 rings (SSSR count). The van der Waals surface area contributed by atoms with E-state index in [9.17, 15) is 9.59 Å². The van der Waals surface area contributed by atoms with E-state index in [0.29, 0.717) is 4.47 Å². The number of hydrogen-bond donors (Lipinski definition) is 0. The second kappa shape index (κ2) is 6.17. The van der Waals surface area contributed by atoms with Crippen LogP contribution in [0.25, 0.3) is 0 Å². The molecular formula is C12H10BrNO4. The van der Waals surface area contributed by atoms with Crippen molar-refractivity contribution in [3.05, 3.63) is 33.8 Å². The third-order valence-corrected chi connectivity index (χ3v) is 2.81. The normalized spacial score (nSPS) is 9.72. The summed E-state index contributed by atoms with van der Waals surface area (Å²) in [5, 5.41) is 9.00. The number of hydrogen-bond acceptors (Lipinski definition) is 5. The van der Waals surface area contributed by atoms with Crippen LogP contribution in [0.1, 0.15) is 17.0 Å². The molecule has 0 aliphatic heterocycles. The van der Waals surface area contributed by atoms with Gasteiger partial charge in [0.25, 0.3) is 0 Å². The van der Waals surface area contributed by atoms with Gasteiger partial charge in [0.1, 0.15) is 0 Å². The number of halogens is 1. The maximum Gasteiger partial charge on any atom is 0.324 e. The summed E-state index contributed by atoms with van der Waals surface area (Å²) in [7, 11) is 2.34. The van der Waals surface area contributed by atoms with E-state index in [4.69, 9.17) is 5.26 Å². The van der Waals surface area contributed by atoms with Crippen molar-refractivity contribution < 1.29 is 19.1 Å². The van der Waals surface area contributed by atoms with Gasteiger partial charge in [-0.25, -0.2) is 0 Å². The molecule has 6 heteroatoms. The van der Waals surface area contributed by atoms with Crippen LogP contribution in [0.2, 0.25) is 0 Å². The average molecular weight is 312 g/mol. The van der Waals surface area contributed by atoms with Crippen LogP contribution in [-0.4, -0.2) is 26.2 Å². The Balaban J connectivity index is 3.37. The van der Waals surface area contributed by atoms with Gasteiger partial charge in [-0.2, -0.15) is 5.26 Å². The highest BCUT2D eigenvalue weighted by Crippen LogP contribution is 2.26. The van der Waals surface area contributed by atoms with E-state index in [0.717, 1.165) is 0 Å². The monoisotopic (exact) mass is 311 g/mol. The molecule has 0 saturated carbocycles. The number of carbonyl (C=O) groups is 2. The minimum Gasteiger partial charge on any atom is -0.468 e. The smallest absolute Gasteiger partial charge is 0.324 e. The van der Waals surface area contributed by atoms with Crippen LogP contribution in [0, 0.1) is 11.3 Å². The summed E-state index contributed by atoms with van der Waals surface area (Å²) in [6, 6.07) is 6.61. The van der Waals surface area contributed by atoms with Crippen LogP contribution in [0.4, 0.5) is 0 Å². The standard InChI is InChI=1S/C12H10BrNO4/c1-17-11(15)10(12(16)18-2)9-5-8(13)4-3-7(9)6-14/h3-5,10H,1-2H3. The Kier molecular flexibility index (Phi) is 4.86. The van der Waals surface area contributed by atoms with Crippen molar-refractivity contribution in [1.82, 2.24) is 0 Å². The number of carbonyl (C=O) groups excluding carboxylic acids is 2. The summed E-state index contributed by atoms with van der Waals surface area (Å²) in [6.07, 6.45) is 0. The van der Waals surface area contributed by atoms with Crippen LogP contribution in [-0.2, 0) is 19.1 Å². The summed E-state index contributed by atoms with van der Waals surface area (Å²) in [4.78, 5) is 23.3. The van der Waals surface area contributed by atoms with Crippen molar-refractivity contribution in [2.45, 2.75) is 5.92 Å². The van der Waals surface area contributed by atoms with Gasteiger partial charge in [-0.15, -0.1) is 0 Å². The molecular weight excluding hydrogens is 302 g/mol. The molecule has 0 N–H and O–H groups in total. The first-order chi connectivity index (χ1) is 8.54. The largest absolute Gasteiger partial charge is 0.468 e. The molecule has 94 valence electrons. The molecule has 0 bridgehead atoms. The average Bonchev–Trinajstić information content (AvgIpc) is 2.38. The number of esters is 2. The molecule has 0 unspecified atom stereocenters. The second-order valence-electron chi connectivity index (χ2n) is 3.32. The Hall–Kier alpha value is -1.87. The number of methoxy groups -OCH3 is 2. The van der Waals surface area contributed by atoms with E-state index < -0.39 is 17.9 Å². The zero-order valence-electron chi connectivity index (χ0n) is 9.77. The number of nitrogens with zero attached hydrogens (tertiary/aromatic N) is 1. The Bertz CT molecular complexity index is 505. The van der Waals surface area contributed by atoms with Gasteiger partial charge in [-0.1, -0.05) is 15.9 Å². The van der Waals surface area contributed by atoms with Gasteiger partial charge in [0.05, 0.1) is 25.9 Å². The van der Waals surface area contributed by atoms with Gasteiger partial charge in [0, 0.05) is 4.47 Å². The predicted octanol–water partition coefficient (Wildman–Crippen LogP) is 1.75. The van der Waals surface area contributed by atoms with E-state index in [1.807, 2.05) is 6.07 Å². The fraction of sp³-hybridized carbons (Fsp3) is 0.250. The minimum atomic E-state index is -1.26. The summed E-state index contributed by atoms with van der Waals surface area (Å²) in [6.45, 7) is 0. The molecule has 1 aromatic carbocycles. The number of rotatable bonds is 3. The van der Waals surface area contributed by atoms with Crippen LogP contribution in [0.3, 0.4) is 0 Å². The van der Waals surface area contributed by atoms with E-state index in [1.54, 1.807) is 6.07 Å². The van der Waals surface area contributed by atoms with Crippen LogP contribution >= 0.6 is 15.9 Å². The topological polar surface area (TPSA) is 76.4 Å². The summed E-state index contributed by atoms with van der Waals surface area (Å²) in [5.41, 5.74) is 0.476. The third kappa shape index (κ3) is 2.87. The molecule has 0 aromatic heterocycles. The van der Waals surface area contributed by atoms with Crippen LogP contribution in [0.5, 0.6) is 0 Å². The zero-order chi connectivity index (χ0) is 13.7. The Labute approximate surface area is 112 Å². The number of ether oxygens (including phenoxy) is 2. The van der Waals surface area contributed by atoms with Gasteiger partial charge in [0.2, 0.25) is 0 Å². The van der Waals surface area contributed by atoms with E-state index in [1.165, 1.54) is 26.4 Å². The van der Waals surface area contributed by atoms with Crippen LogP contribution < -0.4 is 0 Å². The summed E-state index contributed by atoms with van der Waals surface area (Å²) < 4.78 is 9.78. The zero-order valence-corrected chi connectivity index (χ0v) is 11.4. The highest BCUT2D eigenvalue weighted by molar-refractivity contribution is 9.10. The molecule has 0 aliphatic rings. The van der Waals surface area contributed by atoms with Gasteiger partial charge in [0.15, 0.2) is 5.92 Å². The first-order valence-corrected chi connectivity index (χ1v) is 5.69. The molecule has 0 spiro atoms. The lowest BCUT2D eigenvalue weighted by molar-refractivity contribution is -0.154. The molecule has 0 heterocycles. The summed E-state index contributed by atoms with van der Waals surface area (Å²) in [5.74, 6) is -2.79. The minimum absolute atomic E-state index is 0.221. The molecule has 0 atom stereocenters. The van der Waals surface area contributed by atoms with Crippen LogP contribution in [0.15, 0.2) is 22.7 Å². The third-order valence-electron chi connectivity index (χ3n) is 2.32. The van der Waals surface area contributed by atoms with Gasteiger partial charge in [-0.3, -0.25) is 9.59 Å². The lowest BCUT2D eigenvalue weighted by Gasteiger charge is -2.14. The maximum atomic E-state index is 11.6. The molecule has 0 saturated heterocycles. The fourth-order valence-corrected chi connectivity index (χ4v) is 1.84. The Morgan fingerprint density at radius 2 is 1.83 bits per heavy atom. The number of nitriles is 1. The highest BCUT2D eigenvalue weighted by Gasteiger charge is 2.32. The molecule has 0 amide bonds. The summed E-state index contributed by atoms with van der Waals surface area (Å²) >= 11 is 3.22. The molecule has 0 fully saturated rings. The maximum absolute atomic E-state index is 11.6. The van der Waals surface area contributed by atoms with Gasteiger partial charge in [-0.05, 0) is 23.8 Å². The molecule has 5 nitrogen and oxygen atoms in total. The Morgan fingerprint density at radius 1 is 1.28 bits per heavy atom. The first kappa shape index (κ1) is 14.2. The Morgan fingerprint density at radius 3 is 2.28 bits per heavy atom. The SMILES string of the molecule is COC(=O)C(C(=O)OC)c1cc(Br)ccc1C#N.